The molecule has 2 aliphatic heterocycles. The fourth-order valence-corrected chi connectivity index (χ4v) is 8.70. The molecule has 4 aromatic rings. The number of nitrogens with zero attached hydrogens (tertiary/aromatic N) is 4. The third-order valence-corrected chi connectivity index (χ3v) is 11.9. The fourth-order valence-electron chi connectivity index (χ4n) is 8.70. The highest BCUT2D eigenvalue weighted by Crippen LogP contribution is 2.54. The van der Waals surface area contributed by atoms with Crippen LogP contribution in [0.15, 0.2) is 60.9 Å². The number of benzene rings is 2. The Morgan fingerprint density at radius 3 is 1.44 bits per heavy atom. The zero-order chi connectivity index (χ0) is 40.6. The molecule has 2 saturated heterocycles. The molecule has 2 aromatic carbocycles. The van der Waals surface area contributed by atoms with Crippen LogP contribution < -0.4 is 10.6 Å². The summed E-state index contributed by atoms with van der Waals surface area (Å²) in [7, 11) is 1.21. The number of aromatic amines is 2. The molecule has 57 heavy (non-hydrogen) atoms. The molecule has 0 radical (unpaired) electrons. The van der Waals surface area contributed by atoms with Crippen LogP contribution in [0, 0.1) is 11.8 Å². The number of piperidine rings is 2. The molecule has 2 saturated carbocycles. The monoisotopic (exact) mass is 780 g/mol. The van der Waals surface area contributed by atoms with Crippen LogP contribution in [0.4, 0.5) is 9.59 Å². The molecule has 300 valence electrons. The molecule has 0 unspecified atom stereocenters. The van der Waals surface area contributed by atoms with Crippen molar-refractivity contribution in [1.29, 1.82) is 0 Å². The van der Waals surface area contributed by atoms with Gasteiger partial charge in [-0.1, -0.05) is 48.5 Å². The van der Waals surface area contributed by atoms with Gasteiger partial charge in [-0.25, -0.2) is 19.6 Å². The maximum Gasteiger partial charge on any atom is 0.407 e. The number of likely N-dealkylation sites (tertiary alicyclic amines) is 2. The number of nitrogens with one attached hydrogen (secondary N) is 4. The summed E-state index contributed by atoms with van der Waals surface area (Å²) < 4.78 is 4.72. The van der Waals surface area contributed by atoms with Gasteiger partial charge in [-0.05, 0) is 87.5 Å². The number of methoxy groups -OCH3 is 1. The van der Waals surface area contributed by atoms with E-state index in [9.17, 15) is 34.5 Å². The Kier molecular flexibility index (Phi) is 9.38. The molecule has 16 nitrogen and oxygen atoms in total. The summed E-state index contributed by atoms with van der Waals surface area (Å²) in [4.78, 5) is 70.5. The van der Waals surface area contributed by atoms with E-state index in [2.05, 4.69) is 30.6 Å². The van der Waals surface area contributed by atoms with Crippen LogP contribution in [0.2, 0.25) is 0 Å². The highest BCUT2D eigenvalue weighted by molar-refractivity contribution is 5.89. The highest BCUT2D eigenvalue weighted by Gasteiger charge is 2.58. The minimum Gasteiger partial charge on any atom is -0.465 e. The van der Waals surface area contributed by atoms with Gasteiger partial charge in [0.25, 0.3) is 0 Å². The number of hydrogen-bond acceptors (Lipinski definition) is 9. The molecule has 7 N–H and O–H groups in total. The molecular weight excluding hydrogens is 732 g/mol. The Morgan fingerprint density at radius 1 is 0.684 bits per heavy atom. The predicted molar refractivity (Wildman–Crippen MR) is 206 cm³/mol. The molecule has 16 heteroatoms. The number of fused-ring (bicyclic) bond motifs is 2. The normalized spacial score (nSPS) is 24.6. The third kappa shape index (κ3) is 7.34. The number of ether oxygens (including phenoxy) is 1. The Labute approximate surface area is 329 Å². The van der Waals surface area contributed by atoms with Crippen molar-refractivity contribution in [3.63, 3.8) is 0 Å². The number of aliphatic hydroxyl groups is 2. The Bertz CT molecular complexity index is 2190. The van der Waals surface area contributed by atoms with Crippen molar-refractivity contribution in [1.82, 2.24) is 40.4 Å². The number of amides is 4. The van der Waals surface area contributed by atoms with Gasteiger partial charge in [-0.15, -0.1) is 0 Å². The lowest BCUT2D eigenvalue weighted by molar-refractivity contribution is -0.142. The summed E-state index contributed by atoms with van der Waals surface area (Å²) in [6, 6.07) is 13.0. The van der Waals surface area contributed by atoms with E-state index in [1.54, 1.807) is 22.2 Å². The topological polar surface area (TPSA) is 226 Å². The van der Waals surface area contributed by atoms with Gasteiger partial charge >= 0.3 is 12.2 Å². The number of aromatic nitrogens is 4. The van der Waals surface area contributed by atoms with E-state index >= 15 is 0 Å². The molecule has 4 heterocycles. The lowest BCUT2D eigenvalue weighted by Gasteiger charge is -2.35. The first-order valence-electron chi connectivity index (χ1n) is 19.3. The predicted octanol–water partition coefficient (Wildman–Crippen LogP) is 4.36. The summed E-state index contributed by atoms with van der Waals surface area (Å²) in [5, 5.41) is 35.5. The van der Waals surface area contributed by atoms with Crippen LogP contribution >= 0.6 is 0 Å². The van der Waals surface area contributed by atoms with Crippen molar-refractivity contribution >= 4 is 24.0 Å². The van der Waals surface area contributed by atoms with E-state index in [4.69, 9.17) is 4.74 Å². The van der Waals surface area contributed by atoms with Gasteiger partial charge in [0.05, 0.1) is 54.2 Å². The standard InChI is InChI=1S/C41H48N8O8/c1-40(2,55)32(46-38(52)53)36(50)48-28-14-24(28)16-30(48)34-42-18-26(44-34)22-10-6-20(7-11-22)21-8-12-23(13-9-21)27-19-43-35(45-27)31-17-25-15-29(25)49(31)37(51)33(41(3,4)56)47-39(54)57-5/h6-13,18-19,24-25,28-33,46,55-56H,14-17H2,1-5H3,(H,42,44)(H,43,45)(H,47,54)(H,52,53)/t24-,25-,28-,29-,30-,31-,32+,33+/m0/s1. The van der Waals surface area contributed by atoms with Gasteiger partial charge in [0.2, 0.25) is 11.8 Å². The smallest absolute Gasteiger partial charge is 0.407 e. The zero-order valence-electron chi connectivity index (χ0n) is 32.4. The minimum atomic E-state index is -1.59. The quantitative estimate of drug-likeness (QED) is 0.114. The van der Waals surface area contributed by atoms with E-state index in [1.165, 1.54) is 34.8 Å². The number of H-pyrrole nitrogens is 2. The fraction of sp³-hybridized carbons (Fsp3) is 0.463. The summed E-state index contributed by atoms with van der Waals surface area (Å²) >= 11 is 0. The van der Waals surface area contributed by atoms with E-state index in [0.29, 0.717) is 29.9 Å². The van der Waals surface area contributed by atoms with Gasteiger partial charge < -0.3 is 50.5 Å². The first-order valence-corrected chi connectivity index (χ1v) is 19.3. The van der Waals surface area contributed by atoms with E-state index in [0.717, 1.165) is 52.9 Å². The van der Waals surface area contributed by atoms with Crippen molar-refractivity contribution in [2.45, 2.75) is 101 Å². The molecule has 8 atom stereocenters. The number of hydrogen-bond donors (Lipinski definition) is 7. The highest BCUT2D eigenvalue weighted by atomic mass is 16.5. The second-order valence-corrected chi connectivity index (χ2v) is 16.9. The summed E-state index contributed by atoms with van der Waals surface area (Å²) in [5.74, 6) is 1.10. The van der Waals surface area contributed by atoms with Gasteiger partial charge in [0, 0.05) is 12.1 Å². The summed E-state index contributed by atoms with van der Waals surface area (Å²) in [5.41, 5.74) is 2.33. The SMILES string of the molecule is COC(=O)N[C@H](C(=O)N1[C@H](c2ncc(-c3ccc(-c4ccc(-c5cnc([C@@H]6C[C@@H]7C[C@@H]7N6C(=O)[C@@H](NC(=O)O)C(C)(C)O)[nH]5)cc4)cc3)[nH]2)C[C@@H]2C[C@@H]21)C(C)(C)O. The van der Waals surface area contributed by atoms with Crippen LogP contribution in [-0.2, 0) is 14.3 Å². The zero-order valence-corrected chi connectivity index (χ0v) is 32.4. The molecule has 2 aromatic heterocycles. The Balaban J connectivity index is 0.940. The number of carboxylic acid groups (broad SMARTS) is 1. The molecule has 4 aliphatic rings. The number of carbonyl (C=O) groups excluding carboxylic acids is 3. The lowest BCUT2D eigenvalue weighted by Crippen LogP contribution is -2.59. The van der Waals surface area contributed by atoms with E-state index < -0.39 is 41.4 Å². The van der Waals surface area contributed by atoms with E-state index in [-0.39, 0.29) is 30.1 Å². The average Bonchev–Trinajstić information content (AvgIpc) is 3.76. The molecule has 8 rings (SSSR count). The van der Waals surface area contributed by atoms with Crippen molar-refractivity contribution in [2.75, 3.05) is 7.11 Å². The summed E-state index contributed by atoms with van der Waals surface area (Å²) in [6.45, 7) is 5.81. The molecular formula is C41H48N8O8. The largest absolute Gasteiger partial charge is 0.465 e. The Morgan fingerprint density at radius 2 is 1.07 bits per heavy atom. The van der Waals surface area contributed by atoms with Crippen molar-refractivity contribution in [3.8, 4) is 33.6 Å². The lowest BCUT2D eigenvalue weighted by atomic mass is 9.97. The van der Waals surface area contributed by atoms with Gasteiger partial charge in [0.1, 0.15) is 23.7 Å². The van der Waals surface area contributed by atoms with Crippen LogP contribution in [0.1, 0.15) is 77.1 Å². The van der Waals surface area contributed by atoms with E-state index in [1.807, 2.05) is 48.5 Å². The molecule has 2 aliphatic carbocycles. The minimum absolute atomic E-state index is 0.00665. The third-order valence-electron chi connectivity index (χ3n) is 11.9. The van der Waals surface area contributed by atoms with Gasteiger partial charge in [-0.2, -0.15) is 0 Å². The first-order chi connectivity index (χ1) is 27.0. The Hall–Kier alpha value is -5.74. The number of imidazole rings is 2. The first kappa shape index (κ1) is 38.1. The van der Waals surface area contributed by atoms with Crippen molar-refractivity contribution in [2.24, 2.45) is 11.8 Å². The van der Waals surface area contributed by atoms with Gasteiger partial charge in [0.15, 0.2) is 0 Å². The molecule has 0 bridgehead atoms. The molecule has 0 spiro atoms. The average molecular weight is 781 g/mol. The second-order valence-electron chi connectivity index (χ2n) is 16.9. The van der Waals surface area contributed by atoms with Crippen LogP contribution in [0.25, 0.3) is 33.6 Å². The second kappa shape index (κ2) is 14.0. The van der Waals surface area contributed by atoms with Crippen LogP contribution in [0.3, 0.4) is 0 Å². The molecule has 4 amide bonds. The number of rotatable bonds is 11. The number of alkyl carbamates (subject to hydrolysis) is 1. The maximum atomic E-state index is 13.8. The van der Waals surface area contributed by atoms with Gasteiger partial charge in [-0.3, -0.25) is 9.59 Å². The van der Waals surface area contributed by atoms with Crippen molar-refractivity contribution < 1.29 is 39.2 Å². The summed E-state index contributed by atoms with van der Waals surface area (Å²) in [6.07, 6.45) is 4.50. The molecule has 4 fully saturated rings. The van der Waals surface area contributed by atoms with Crippen LogP contribution in [-0.4, -0.2) is 112 Å². The maximum absolute atomic E-state index is 13.8. The number of carbonyl (C=O) groups is 4. The van der Waals surface area contributed by atoms with Crippen LogP contribution in [0.5, 0.6) is 0 Å². The van der Waals surface area contributed by atoms with Crippen molar-refractivity contribution in [3.05, 3.63) is 72.6 Å².